The zero-order valence-electron chi connectivity index (χ0n) is 14.5. The number of urea groups is 1. The molecule has 1 unspecified atom stereocenters. The first-order valence-corrected chi connectivity index (χ1v) is 8.87. The van der Waals surface area contributed by atoms with Crippen LogP contribution in [0.15, 0.2) is 30.5 Å². The summed E-state index contributed by atoms with van der Waals surface area (Å²) in [5.74, 6) is -0.827. The number of hydrogen-bond acceptors (Lipinski definition) is 3. The van der Waals surface area contributed by atoms with Gasteiger partial charge in [-0.3, -0.25) is 9.48 Å². The Balaban J connectivity index is 1.63. The Hall–Kier alpha value is -2.54. The van der Waals surface area contributed by atoms with Crippen LogP contribution < -0.4 is 5.32 Å². The van der Waals surface area contributed by atoms with Crippen LogP contribution in [0, 0.1) is 6.92 Å². The highest BCUT2D eigenvalue weighted by Crippen LogP contribution is 2.26. The van der Waals surface area contributed by atoms with E-state index in [1.807, 2.05) is 25.1 Å². The number of halogens is 1. The summed E-state index contributed by atoms with van der Waals surface area (Å²) in [6, 6.07) is 7.10. The van der Waals surface area contributed by atoms with E-state index in [1.54, 1.807) is 17.2 Å². The normalized spacial score (nSPS) is 17.2. The minimum atomic E-state index is -0.930. The van der Waals surface area contributed by atoms with Crippen LogP contribution >= 0.6 is 11.6 Å². The quantitative estimate of drug-likeness (QED) is 0.856. The molecule has 7 nitrogen and oxygen atoms in total. The molecule has 0 radical (unpaired) electrons. The van der Waals surface area contributed by atoms with Crippen LogP contribution in [0.1, 0.15) is 30.0 Å². The van der Waals surface area contributed by atoms with Crippen LogP contribution in [0.5, 0.6) is 0 Å². The van der Waals surface area contributed by atoms with E-state index in [9.17, 15) is 9.59 Å². The summed E-state index contributed by atoms with van der Waals surface area (Å²) in [7, 11) is 0. The SMILES string of the molecule is Cc1ccc(NC(=O)N2CCCC(c3ccn(CC(=O)O)n3)C2)cc1Cl. The van der Waals surface area contributed by atoms with Crippen molar-refractivity contribution in [1.29, 1.82) is 0 Å². The zero-order valence-corrected chi connectivity index (χ0v) is 15.2. The van der Waals surface area contributed by atoms with Crippen molar-refractivity contribution in [3.05, 3.63) is 46.7 Å². The van der Waals surface area contributed by atoms with Crippen LogP contribution in [0.25, 0.3) is 0 Å². The fourth-order valence-electron chi connectivity index (χ4n) is 3.10. The molecule has 2 aromatic rings. The largest absolute Gasteiger partial charge is 0.480 e. The van der Waals surface area contributed by atoms with Crippen LogP contribution in [0.3, 0.4) is 0 Å². The summed E-state index contributed by atoms with van der Waals surface area (Å²) in [5.41, 5.74) is 2.44. The monoisotopic (exact) mass is 376 g/mol. The van der Waals surface area contributed by atoms with Crippen molar-refractivity contribution in [2.45, 2.75) is 32.2 Å². The molecule has 0 spiro atoms. The number of piperidine rings is 1. The molecule has 26 heavy (non-hydrogen) atoms. The number of nitrogens with one attached hydrogen (secondary N) is 1. The molecule has 1 aliphatic heterocycles. The van der Waals surface area contributed by atoms with Crippen molar-refractivity contribution >= 4 is 29.3 Å². The first kappa shape index (κ1) is 18.3. The summed E-state index contributed by atoms with van der Waals surface area (Å²) in [4.78, 5) is 25.1. The number of carbonyl (C=O) groups is 2. The van der Waals surface area contributed by atoms with Crippen molar-refractivity contribution in [2.75, 3.05) is 18.4 Å². The lowest BCUT2D eigenvalue weighted by molar-refractivity contribution is -0.137. The van der Waals surface area contributed by atoms with Gasteiger partial charge in [-0.1, -0.05) is 17.7 Å². The summed E-state index contributed by atoms with van der Waals surface area (Å²) >= 11 is 6.11. The number of carboxylic acids is 1. The van der Waals surface area contributed by atoms with E-state index in [2.05, 4.69) is 10.4 Å². The smallest absolute Gasteiger partial charge is 0.325 e. The highest BCUT2D eigenvalue weighted by molar-refractivity contribution is 6.31. The third-order valence-electron chi connectivity index (χ3n) is 4.51. The van der Waals surface area contributed by atoms with Gasteiger partial charge in [0.15, 0.2) is 0 Å². The van der Waals surface area contributed by atoms with Gasteiger partial charge in [0.1, 0.15) is 6.54 Å². The van der Waals surface area contributed by atoms with Gasteiger partial charge < -0.3 is 15.3 Å². The van der Waals surface area contributed by atoms with Gasteiger partial charge in [-0.05, 0) is 43.5 Å². The molecule has 8 heteroatoms. The van der Waals surface area contributed by atoms with Gasteiger partial charge in [-0.25, -0.2) is 4.79 Å². The average molecular weight is 377 g/mol. The Morgan fingerprint density at radius 2 is 2.19 bits per heavy atom. The third kappa shape index (κ3) is 4.35. The Morgan fingerprint density at radius 3 is 2.92 bits per heavy atom. The van der Waals surface area contributed by atoms with Crippen molar-refractivity contribution in [3.8, 4) is 0 Å². The van der Waals surface area contributed by atoms with Crippen LogP contribution in [-0.4, -0.2) is 44.9 Å². The van der Waals surface area contributed by atoms with E-state index in [4.69, 9.17) is 16.7 Å². The Bertz CT molecular complexity index is 821. The standard InChI is InChI=1S/C18H21ClN4O3/c1-12-4-5-14(9-15(12)19)20-18(26)22-7-2-3-13(10-22)16-6-8-23(21-16)11-17(24)25/h4-6,8-9,13H,2-3,7,10-11H2,1H3,(H,20,26)(H,24,25). The zero-order chi connectivity index (χ0) is 18.7. The summed E-state index contributed by atoms with van der Waals surface area (Å²) in [5, 5.41) is 16.7. The maximum atomic E-state index is 12.6. The maximum Gasteiger partial charge on any atom is 0.325 e. The number of aryl methyl sites for hydroxylation is 1. The molecule has 0 aliphatic carbocycles. The lowest BCUT2D eigenvalue weighted by Crippen LogP contribution is -2.41. The van der Waals surface area contributed by atoms with E-state index in [-0.39, 0.29) is 18.5 Å². The molecule has 2 amide bonds. The topological polar surface area (TPSA) is 87.5 Å². The molecule has 1 aromatic heterocycles. The highest BCUT2D eigenvalue weighted by Gasteiger charge is 2.26. The molecule has 2 N–H and O–H groups in total. The first-order valence-electron chi connectivity index (χ1n) is 8.49. The van der Waals surface area contributed by atoms with Gasteiger partial charge in [-0.2, -0.15) is 5.10 Å². The number of carboxylic acid groups (broad SMARTS) is 1. The predicted molar refractivity (Wildman–Crippen MR) is 98.6 cm³/mol. The molecule has 1 aromatic carbocycles. The van der Waals surface area contributed by atoms with Gasteiger partial charge in [0.2, 0.25) is 0 Å². The van der Waals surface area contributed by atoms with Gasteiger partial charge >= 0.3 is 12.0 Å². The van der Waals surface area contributed by atoms with Gasteiger partial charge in [-0.15, -0.1) is 0 Å². The summed E-state index contributed by atoms with van der Waals surface area (Å²) in [6.45, 7) is 2.98. The molecular weight excluding hydrogens is 356 g/mol. The van der Waals surface area contributed by atoms with Crippen molar-refractivity contribution in [1.82, 2.24) is 14.7 Å². The maximum absolute atomic E-state index is 12.6. The molecule has 138 valence electrons. The number of anilines is 1. The molecule has 0 bridgehead atoms. The Kier molecular flexibility index (Phi) is 5.46. The highest BCUT2D eigenvalue weighted by atomic mass is 35.5. The van der Waals surface area contributed by atoms with Gasteiger partial charge in [0.05, 0.1) is 5.69 Å². The summed E-state index contributed by atoms with van der Waals surface area (Å²) in [6.07, 6.45) is 3.46. The lowest BCUT2D eigenvalue weighted by Gasteiger charge is -2.32. The fourth-order valence-corrected chi connectivity index (χ4v) is 3.28. The number of likely N-dealkylation sites (tertiary alicyclic amines) is 1. The minimum absolute atomic E-state index is 0.103. The number of hydrogen-bond donors (Lipinski definition) is 2. The minimum Gasteiger partial charge on any atom is -0.480 e. The first-order chi connectivity index (χ1) is 12.4. The second-order valence-corrected chi connectivity index (χ2v) is 6.92. The second kappa shape index (κ2) is 7.78. The van der Waals surface area contributed by atoms with E-state index in [0.29, 0.717) is 23.8 Å². The van der Waals surface area contributed by atoms with Crippen molar-refractivity contribution < 1.29 is 14.7 Å². The van der Waals surface area contributed by atoms with Gasteiger partial charge in [0.25, 0.3) is 0 Å². The number of nitrogens with zero attached hydrogens (tertiary/aromatic N) is 3. The van der Waals surface area contributed by atoms with E-state index >= 15 is 0 Å². The number of benzene rings is 1. The van der Waals surface area contributed by atoms with E-state index in [0.717, 1.165) is 24.1 Å². The number of aromatic nitrogens is 2. The molecule has 2 heterocycles. The fraction of sp³-hybridized carbons (Fsp3) is 0.389. The molecule has 3 rings (SSSR count). The number of rotatable bonds is 4. The predicted octanol–water partition coefficient (Wildman–Crippen LogP) is 3.34. The molecule has 1 fully saturated rings. The van der Waals surface area contributed by atoms with E-state index < -0.39 is 5.97 Å². The molecule has 0 saturated carbocycles. The van der Waals surface area contributed by atoms with Crippen molar-refractivity contribution in [2.24, 2.45) is 0 Å². The van der Waals surface area contributed by atoms with Crippen molar-refractivity contribution in [3.63, 3.8) is 0 Å². The van der Waals surface area contributed by atoms with Crippen LogP contribution in [0.2, 0.25) is 5.02 Å². The second-order valence-electron chi connectivity index (χ2n) is 6.51. The Labute approximate surface area is 156 Å². The Morgan fingerprint density at radius 1 is 1.38 bits per heavy atom. The number of carbonyl (C=O) groups excluding carboxylic acids is 1. The van der Waals surface area contributed by atoms with Crippen LogP contribution in [-0.2, 0) is 11.3 Å². The van der Waals surface area contributed by atoms with E-state index in [1.165, 1.54) is 4.68 Å². The van der Waals surface area contributed by atoms with Gasteiger partial charge in [0, 0.05) is 35.9 Å². The number of aliphatic carboxylic acids is 1. The number of amides is 2. The molecule has 1 saturated heterocycles. The molecule has 1 atom stereocenters. The average Bonchev–Trinajstić information content (AvgIpc) is 3.06. The van der Waals surface area contributed by atoms with Crippen LogP contribution in [0.4, 0.5) is 10.5 Å². The molecular formula is C18H21ClN4O3. The summed E-state index contributed by atoms with van der Waals surface area (Å²) < 4.78 is 1.41. The molecule has 1 aliphatic rings. The third-order valence-corrected chi connectivity index (χ3v) is 4.92. The lowest BCUT2D eigenvalue weighted by atomic mass is 9.95.